The highest BCUT2D eigenvalue weighted by atomic mass is 32.2. The van der Waals surface area contributed by atoms with Crippen molar-refractivity contribution < 1.29 is 14.3 Å². The maximum absolute atomic E-state index is 12.6. The molecule has 0 aliphatic carbocycles. The SMILES string of the molecule is COc1ccc(OC)c(NC(=O)CSc2nnc(-c3cccs3)n2-n2cccc2)c1. The number of hydrogen-bond acceptors (Lipinski definition) is 7. The Bertz CT molecular complexity index is 1120. The van der Waals surface area contributed by atoms with Gasteiger partial charge in [-0.1, -0.05) is 17.8 Å². The molecular weight excluding hydrogens is 422 g/mol. The predicted octanol–water partition coefficient (Wildman–Crippen LogP) is 3.87. The van der Waals surface area contributed by atoms with Crippen molar-refractivity contribution >= 4 is 34.7 Å². The average Bonchev–Trinajstić information content (AvgIpc) is 3.53. The zero-order valence-corrected chi connectivity index (χ0v) is 17.9. The van der Waals surface area contributed by atoms with E-state index in [1.54, 1.807) is 43.8 Å². The van der Waals surface area contributed by atoms with Crippen LogP contribution in [0.2, 0.25) is 0 Å². The molecule has 154 valence electrons. The van der Waals surface area contributed by atoms with Gasteiger partial charge in [-0.2, -0.15) is 0 Å². The summed E-state index contributed by atoms with van der Waals surface area (Å²) < 4.78 is 14.3. The first-order valence-electron chi connectivity index (χ1n) is 8.97. The van der Waals surface area contributed by atoms with Crippen molar-refractivity contribution in [1.82, 2.24) is 19.5 Å². The second-order valence-electron chi connectivity index (χ2n) is 6.06. The molecule has 8 nitrogen and oxygen atoms in total. The summed E-state index contributed by atoms with van der Waals surface area (Å²) >= 11 is 2.89. The van der Waals surface area contributed by atoms with E-state index in [1.165, 1.54) is 11.8 Å². The molecule has 3 aromatic heterocycles. The summed E-state index contributed by atoms with van der Waals surface area (Å²) in [7, 11) is 3.13. The van der Waals surface area contributed by atoms with Crippen LogP contribution in [0, 0.1) is 0 Å². The highest BCUT2D eigenvalue weighted by Crippen LogP contribution is 2.30. The van der Waals surface area contributed by atoms with E-state index in [9.17, 15) is 4.79 Å². The number of rotatable bonds is 8. The summed E-state index contributed by atoms with van der Waals surface area (Å²) in [5, 5.41) is 14.1. The fraction of sp³-hybridized carbons (Fsp3) is 0.150. The molecule has 3 heterocycles. The summed E-state index contributed by atoms with van der Waals surface area (Å²) in [4.78, 5) is 13.6. The molecule has 4 rings (SSSR count). The molecule has 10 heteroatoms. The number of hydrogen-bond donors (Lipinski definition) is 1. The van der Waals surface area contributed by atoms with Crippen LogP contribution in [-0.4, -0.2) is 45.4 Å². The monoisotopic (exact) mass is 441 g/mol. The van der Waals surface area contributed by atoms with Crippen molar-refractivity contribution in [2.24, 2.45) is 0 Å². The topological polar surface area (TPSA) is 83.2 Å². The maximum Gasteiger partial charge on any atom is 0.234 e. The van der Waals surface area contributed by atoms with Gasteiger partial charge in [0.15, 0.2) is 5.82 Å². The highest BCUT2D eigenvalue weighted by Gasteiger charge is 2.18. The third-order valence-electron chi connectivity index (χ3n) is 4.19. The van der Waals surface area contributed by atoms with Gasteiger partial charge in [0.2, 0.25) is 11.1 Å². The van der Waals surface area contributed by atoms with Crippen LogP contribution in [-0.2, 0) is 4.79 Å². The number of thioether (sulfide) groups is 1. The number of nitrogens with one attached hydrogen (secondary N) is 1. The van der Waals surface area contributed by atoms with E-state index < -0.39 is 0 Å². The van der Waals surface area contributed by atoms with Gasteiger partial charge in [0, 0.05) is 18.5 Å². The Labute approximate surface area is 181 Å². The molecule has 0 radical (unpaired) electrons. The van der Waals surface area contributed by atoms with Crippen LogP contribution in [0.3, 0.4) is 0 Å². The Morgan fingerprint density at radius 1 is 1.13 bits per heavy atom. The molecule has 0 saturated heterocycles. The van der Waals surface area contributed by atoms with Gasteiger partial charge in [-0.3, -0.25) is 9.47 Å². The number of carbonyl (C=O) groups is 1. The maximum atomic E-state index is 12.6. The first-order chi connectivity index (χ1) is 14.7. The molecule has 0 saturated carbocycles. The lowest BCUT2D eigenvalue weighted by molar-refractivity contribution is -0.113. The van der Waals surface area contributed by atoms with Gasteiger partial charge in [0.1, 0.15) is 11.5 Å². The minimum absolute atomic E-state index is 0.157. The second-order valence-corrected chi connectivity index (χ2v) is 7.95. The average molecular weight is 442 g/mol. The van der Waals surface area contributed by atoms with Crippen LogP contribution in [0.1, 0.15) is 0 Å². The lowest BCUT2D eigenvalue weighted by atomic mass is 10.2. The Hall–Kier alpha value is -3.24. The van der Waals surface area contributed by atoms with Crippen LogP contribution < -0.4 is 14.8 Å². The number of ether oxygens (including phenoxy) is 2. The number of carbonyl (C=O) groups excluding carboxylic acids is 1. The van der Waals surface area contributed by atoms with Crippen molar-refractivity contribution in [2.45, 2.75) is 5.16 Å². The van der Waals surface area contributed by atoms with Gasteiger partial charge < -0.3 is 14.8 Å². The molecule has 0 atom stereocenters. The summed E-state index contributed by atoms with van der Waals surface area (Å²) in [5.74, 6) is 1.88. The van der Waals surface area contributed by atoms with E-state index in [4.69, 9.17) is 9.47 Å². The standard InChI is InChI=1S/C20H19N5O3S2/c1-27-14-7-8-16(28-2)15(12-14)21-18(26)13-30-20-23-22-19(17-6-5-11-29-17)25(20)24-9-3-4-10-24/h3-12H,13H2,1-2H3,(H,21,26). The molecular formula is C20H19N5O3S2. The normalized spacial score (nSPS) is 10.7. The quantitative estimate of drug-likeness (QED) is 0.418. The van der Waals surface area contributed by atoms with Crippen molar-refractivity contribution in [2.75, 3.05) is 25.3 Å². The molecule has 1 N–H and O–H groups in total. The predicted molar refractivity (Wildman–Crippen MR) is 117 cm³/mol. The molecule has 0 unspecified atom stereocenters. The Balaban J connectivity index is 1.53. The van der Waals surface area contributed by atoms with Gasteiger partial charge in [0.25, 0.3) is 0 Å². The Morgan fingerprint density at radius 2 is 1.97 bits per heavy atom. The second kappa shape index (κ2) is 9.06. The number of nitrogens with zero attached hydrogens (tertiary/aromatic N) is 4. The summed E-state index contributed by atoms with van der Waals surface area (Å²) in [6.45, 7) is 0. The zero-order chi connectivity index (χ0) is 20.9. The number of benzene rings is 1. The molecule has 1 aromatic carbocycles. The van der Waals surface area contributed by atoms with E-state index in [1.807, 2.05) is 51.4 Å². The molecule has 0 aliphatic heterocycles. The molecule has 0 fully saturated rings. The van der Waals surface area contributed by atoms with Crippen molar-refractivity contribution in [3.63, 3.8) is 0 Å². The van der Waals surface area contributed by atoms with E-state index in [2.05, 4.69) is 15.5 Å². The van der Waals surface area contributed by atoms with Crippen molar-refractivity contribution in [3.05, 3.63) is 60.2 Å². The zero-order valence-electron chi connectivity index (χ0n) is 16.3. The number of aromatic nitrogens is 4. The van der Waals surface area contributed by atoms with Crippen molar-refractivity contribution in [3.8, 4) is 22.2 Å². The van der Waals surface area contributed by atoms with Crippen molar-refractivity contribution in [1.29, 1.82) is 0 Å². The third kappa shape index (κ3) is 4.19. The molecule has 30 heavy (non-hydrogen) atoms. The van der Waals surface area contributed by atoms with Gasteiger partial charge in [-0.15, -0.1) is 21.5 Å². The Morgan fingerprint density at radius 3 is 2.67 bits per heavy atom. The number of amides is 1. The Kier molecular flexibility index (Phi) is 6.05. The van der Waals surface area contributed by atoms with E-state index in [0.717, 1.165) is 10.7 Å². The third-order valence-corrected chi connectivity index (χ3v) is 5.97. The van der Waals surface area contributed by atoms with Crippen LogP contribution in [0.5, 0.6) is 11.5 Å². The molecule has 0 aliphatic rings. The minimum atomic E-state index is -0.189. The van der Waals surface area contributed by atoms with Crippen LogP contribution in [0.25, 0.3) is 10.7 Å². The van der Waals surface area contributed by atoms with Gasteiger partial charge in [0.05, 0.1) is 30.5 Å². The van der Waals surface area contributed by atoms with Gasteiger partial charge in [-0.25, -0.2) is 4.68 Å². The lowest BCUT2D eigenvalue weighted by Gasteiger charge is -2.12. The number of methoxy groups -OCH3 is 2. The first-order valence-corrected chi connectivity index (χ1v) is 10.8. The lowest BCUT2D eigenvalue weighted by Crippen LogP contribution is -2.16. The van der Waals surface area contributed by atoms with Crippen LogP contribution >= 0.6 is 23.1 Å². The smallest absolute Gasteiger partial charge is 0.234 e. The molecule has 1 amide bonds. The summed E-state index contributed by atoms with van der Waals surface area (Å²) in [5.41, 5.74) is 0.550. The van der Waals surface area contributed by atoms with Gasteiger partial charge in [-0.05, 0) is 35.7 Å². The largest absolute Gasteiger partial charge is 0.497 e. The van der Waals surface area contributed by atoms with E-state index >= 15 is 0 Å². The molecule has 4 aromatic rings. The summed E-state index contributed by atoms with van der Waals surface area (Å²) in [6, 6.07) is 13.1. The van der Waals surface area contributed by atoms with E-state index in [0.29, 0.717) is 22.3 Å². The fourth-order valence-electron chi connectivity index (χ4n) is 2.81. The highest BCUT2D eigenvalue weighted by molar-refractivity contribution is 7.99. The summed E-state index contributed by atoms with van der Waals surface area (Å²) in [6.07, 6.45) is 3.82. The van der Waals surface area contributed by atoms with Gasteiger partial charge >= 0.3 is 0 Å². The molecule has 0 bridgehead atoms. The van der Waals surface area contributed by atoms with Crippen LogP contribution in [0.4, 0.5) is 5.69 Å². The van der Waals surface area contributed by atoms with Crippen LogP contribution in [0.15, 0.2) is 65.4 Å². The molecule has 0 spiro atoms. The first kappa shape index (κ1) is 20.0. The number of thiophene rings is 1. The minimum Gasteiger partial charge on any atom is -0.497 e. The van der Waals surface area contributed by atoms with E-state index in [-0.39, 0.29) is 11.7 Å². The fourth-order valence-corrected chi connectivity index (χ4v) is 4.24. The number of anilines is 1.